The molecule has 270 valence electrons. The summed E-state index contributed by atoms with van der Waals surface area (Å²) >= 11 is 0. The zero-order valence-corrected chi connectivity index (χ0v) is 27.0. The average molecular weight is 774 g/mol. The molecule has 0 saturated carbocycles. The monoisotopic (exact) mass is 774 g/mol. The van der Waals surface area contributed by atoms with Crippen LogP contribution in [-0.4, -0.2) is 97.7 Å². The zero-order chi connectivity index (χ0) is 35.8. The number of aliphatic hydroxyl groups excluding tert-OH is 3. The van der Waals surface area contributed by atoms with Crippen molar-refractivity contribution in [2.24, 2.45) is 0 Å². The Morgan fingerprint density at radius 1 is 0.688 bits per heavy atom. The second-order valence-electron chi connectivity index (χ2n) is 9.74. The Bertz CT molecular complexity index is 1920. The fraction of sp³-hybridized carbons (Fsp3) is 0.556. The zero-order valence-electron chi connectivity index (χ0n) is 23.4. The summed E-state index contributed by atoms with van der Waals surface area (Å²) in [6.07, 6.45) is -9.62. The van der Waals surface area contributed by atoms with Gasteiger partial charge in [-0.05, 0) is 0 Å². The number of aromatic nitrogens is 4. The lowest BCUT2D eigenvalue weighted by atomic mass is 10.1. The number of aliphatic hydroxyl groups is 3. The van der Waals surface area contributed by atoms with Gasteiger partial charge in [-0.3, -0.25) is 37.7 Å². The molecule has 30 heteroatoms. The number of H-pyrrole nitrogens is 2. The molecule has 0 amide bonds. The summed E-state index contributed by atoms with van der Waals surface area (Å²) in [4.78, 5) is 89.1. The molecule has 0 aromatic carbocycles. The number of nitrogens with zero attached hydrogens (tertiary/aromatic N) is 2. The molecule has 2 aliphatic rings. The molecule has 4 unspecified atom stereocenters. The molecule has 2 saturated heterocycles. The molecule has 48 heavy (non-hydrogen) atoms. The second kappa shape index (κ2) is 14.5. The summed E-state index contributed by atoms with van der Waals surface area (Å²) in [6.45, 7) is -2.14. The first-order valence-corrected chi connectivity index (χ1v) is 18.8. The Morgan fingerprint density at radius 2 is 1.15 bits per heavy atom. The van der Waals surface area contributed by atoms with Crippen LogP contribution in [0.3, 0.4) is 0 Å². The summed E-state index contributed by atoms with van der Waals surface area (Å²) < 4.78 is 81.0. The summed E-state index contributed by atoms with van der Waals surface area (Å²) in [7, 11) is -23.8. The summed E-state index contributed by atoms with van der Waals surface area (Å²) in [5.41, 5.74) is -3.58. The molecule has 26 nitrogen and oxygen atoms in total. The second-order valence-corrected chi connectivity index (χ2v) is 16.0. The fourth-order valence-corrected chi connectivity index (χ4v) is 9.22. The summed E-state index contributed by atoms with van der Waals surface area (Å²) in [5, 5.41) is 30.5. The van der Waals surface area contributed by atoms with Crippen molar-refractivity contribution in [2.45, 2.75) is 49.4 Å². The Morgan fingerprint density at radius 3 is 1.65 bits per heavy atom. The van der Waals surface area contributed by atoms with E-state index in [1.54, 1.807) is 0 Å². The minimum Gasteiger partial charge on any atom is -0.388 e. The lowest BCUT2D eigenvalue weighted by Crippen LogP contribution is -2.37. The highest BCUT2D eigenvalue weighted by molar-refractivity contribution is 7.69. The molecule has 2 aromatic heterocycles. The number of nitrogens with one attached hydrogen (secondary N) is 2. The smallest absolute Gasteiger partial charge is 0.388 e. The van der Waals surface area contributed by atoms with Gasteiger partial charge in [0.15, 0.2) is 12.5 Å². The number of ether oxygens (including phenoxy) is 2. The van der Waals surface area contributed by atoms with Crippen molar-refractivity contribution in [1.82, 2.24) is 19.1 Å². The molecule has 2 fully saturated rings. The number of phosphoric acid groups is 4. The van der Waals surface area contributed by atoms with E-state index in [9.17, 15) is 72.3 Å². The van der Waals surface area contributed by atoms with Gasteiger partial charge in [0, 0.05) is 30.9 Å². The number of phosphoric ester groups is 2. The van der Waals surface area contributed by atoms with Crippen molar-refractivity contribution < 1.29 is 84.6 Å². The van der Waals surface area contributed by atoms with E-state index in [0.717, 1.165) is 29.1 Å². The Hall–Kier alpha value is -2.28. The predicted molar refractivity (Wildman–Crippen MR) is 148 cm³/mol. The minimum atomic E-state index is -6.19. The SMILES string of the molecule is O=c1ccn([C@@H]2O[C@H](COP(=O)(O)OP(=O)(O)OP(=O)(O)OP(=O)(O)OC[C@@H]3C[C@@H](O)[C@H](n4ccc(=O)[nH]c4=O)O3)[C@@H](O)[C@H]2O)c(=O)[nH]1. The number of aromatic amines is 2. The maximum atomic E-state index is 12.2. The lowest BCUT2D eigenvalue weighted by Gasteiger charge is -2.21. The highest BCUT2D eigenvalue weighted by atomic mass is 31.3. The first-order valence-electron chi connectivity index (χ1n) is 12.8. The van der Waals surface area contributed by atoms with Gasteiger partial charge in [0.1, 0.15) is 24.4 Å². The normalized spacial score (nSPS) is 31.0. The van der Waals surface area contributed by atoms with Crippen LogP contribution in [0.5, 0.6) is 0 Å². The van der Waals surface area contributed by atoms with Crippen LogP contribution in [0, 0.1) is 0 Å². The number of rotatable bonds is 14. The molecule has 9 N–H and O–H groups in total. The van der Waals surface area contributed by atoms with Crippen molar-refractivity contribution in [1.29, 1.82) is 0 Å². The van der Waals surface area contributed by atoms with Crippen LogP contribution < -0.4 is 22.5 Å². The summed E-state index contributed by atoms with van der Waals surface area (Å²) in [6, 6.07) is 1.82. The largest absolute Gasteiger partial charge is 0.490 e. The molecule has 2 aliphatic heterocycles. The number of hydrogen-bond donors (Lipinski definition) is 9. The van der Waals surface area contributed by atoms with E-state index in [2.05, 4.69) is 22.0 Å². The minimum absolute atomic E-state index is 0.330. The van der Waals surface area contributed by atoms with E-state index >= 15 is 0 Å². The van der Waals surface area contributed by atoms with E-state index in [4.69, 9.17) is 9.47 Å². The van der Waals surface area contributed by atoms with E-state index in [0.29, 0.717) is 4.57 Å². The van der Waals surface area contributed by atoms with Gasteiger partial charge in [-0.2, -0.15) is 12.9 Å². The van der Waals surface area contributed by atoms with E-state index in [1.165, 1.54) is 0 Å². The van der Waals surface area contributed by atoms with E-state index in [1.807, 2.05) is 9.97 Å². The molecule has 4 rings (SSSR count). The van der Waals surface area contributed by atoms with Crippen molar-refractivity contribution in [2.75, 3.05) is 13.2 Å². The highest BCUT2D eigenvalue weighted by Crippen LogP contribution is 2.71. The maximum Gasteiger partial charge on any atom is 0.490 e. The van der Waals surface area contributed by atoms with Gasteiger partial charge in [0.05, 0.1) is 19.3 Å². The van der Waals surface area contributed by atoms with Crippen LogP contribution in [0.4, 0.5) is 0 Å². The molecule has 0 radical (unpaired) electrons. The molecule has 0 spiro atoms. The third-order valence-electron chi connectivity index (χ3n) is 6.20. The van der Waals surface area contributed by atoms with Crippen LogP contribution in [0.25, 0.3) is 0 Å². The van der Waals surface area contributed by atoms with Crippen LogP contribution in [0.2, 0.25) is 0 Å². The Balaban J connectivity index is 1.29. The topological polar surface area (TPSA) is 384 Å². The van der Waals surface area contributed by atoms with Crippen molar-refractivity contribution in [3.63, 3.8) is 0 Å². The molecular weight excluding hydrogens is 748 g/mol. The van der Waals surface area contributed by atoms with Gasteiger partial charge >= 0.3 is 42.7 Å². The average Bonchev–Trinajstić information content (AvgIpc) is 3.43. The fourth-order valence-electron chi connectivity index (χ4n) is 4.25. The maximum absolute atomic E-state index is 12.2. The van der Waals surface area contributed by atoms with Gasteiger partial charge in [0.25, 0.3) is 11.1 Å². The first kappa shape index (κ1) is 38.5. The van der Waals surface area contributed by atoms with Gasteiger partial charge in [-0.1, -0.05) is 0 Å². The van der Waals surface area contributed by atoms with E-state index < -0.39 is 110 Å². The third-order valence-corrected chi connectivity index (χ3v) is 12.1. The first-order chi connectivity index (χ1) is 22.1. The van der Waals surface area contributed by atoms with Gasteiger partial charge in [0.2, 0.25) is 0 Å². The van der Waals surface area contributed by atoms with Crippen LogP contribution in [-0.2, 0) is 49.7 Å². The summed E-state index contributed by atoms with van der Waals surface area (Å²) in [5.74, 6) is 0. The molecule has 11 atom stereocenters. The molecule has 0 bridgehead atoms. The lowest BCUT2D eigenvalue weighted by molar-refractivity contribution is -0.0542. The van der Waals surface area contributed by atoms with Gasteiger partial charge in [-0.15, -0.1) is 0 Å². The number of hydrogen-bond acceptors (Lipinski definition) is 18. The van der Waals surface area contributed by atoms with Crippen molar-refractivity contribution in [3.8, 4) is 0 Å². The van der Waals surface area contributed by atoms with Crippen LogP contribution in [0.1, 0.15) is 18.9 Å². The molecular formula is C18H26N4O22P4. The van der Waals surface area contributed by atoms with Crippen molar-refractivity contribution in [3.05, 3.63) is 66.2 Å². The van der Waals surface area contributed by atoms with Crippen LogP contribution in [0.15, 0.2) is 43.7 Å². The highest BCUT2D eigenvalue weighted by Gasteiger charge is 2.48. The Labute approximate surface area is 264 Å². The van der Waals surface area contributed by atoms with Gasteiger partial charge in [-0.25, -0.2) is 27.8 Å². The quantitative estimate of drug-likeness (QED) is 0.0855. The van der Waals surface area contributed by atoms with E-state index in [-0.39, 0.29) is 6.42 Å². The van der Waals surface area contributed by atoms with Crippen molar-refractivity contribution >= 4 is 31.3 Å². The standard InChI is InChI=1S/C18H26N4O22P4/c23-9-5-8(40-15(9)21-3-1-11(24)19-17(21)28)6-38-45(30,31)42-47(34,35)44-48(36,37)43-46(32,33)39-7-10-13(26)14(27)16(41-10)22-4-2-12(25)20-18(22)29/h1-4,8-10,13-16,23,26-27H,5-7H2,(H,30,31)(H,32,33)(H,34,35)(H,36,37)(H,19,24,28)(H,20,25,29)/t8-,9+,10+,13+,14+,15+,16+/m0/s1. The third kappa shape index (κ3) is 9.91. The molecule has 2 aromatic rings. The molecule has 4 heterocycles. The molecule has 0 aliphatic carbocycles. The van der Waals surface area contributed by atoms with Crippen LogP contribution >= 0.6 is 31.3 Å². The Kier molecular flexibility index (Phi) is 11.7. The predicted octanol–water partition coefficient (Wildman–Crippen LogP) is -3.16. The van der Waals surface area contributed by atoms with Gasteiger partial charge < -0.3 is 44.4 Å².